The average Bonchev–Trinajstić information content (AvgIpc) is 2.64. The Bertz CT molecular complexity index is 694. The molecule has 2 rings (SSSR count). The first-order valence-corrected chi connectivity index (χ1v) is 9.22. The minimum absolute atomic E-state index is 0. The standard InChI is InChI=1S/C20H29N3O2.2ClH/c1-4-7-14-25-19-15-17(16-10-8-9-11-18(16)22-19)20(24)21-12-13-23(5-2)6-3;;/h8-11,15H,4-7,12-14H2,1-3H3,(H,21,24);2*1H/p-1. The second-order valence-electron chi connectivity index (χ2n) is 6.01. The van der Waals surface area contributed by atoms with Gasteiger partial charge in [0.15, 0.2) is 0 Å². The van der Waals surface area contributed by atoms with Crippen LogP contribution in [-0.2, 0) is 0 Å². The molecule has 0 aliphatic heterocycles. The van der Waals surface area contributed by atoms with Gasteiger partial charge < -0.3 is 27.4 Å². The van der Waals surface area contributed by atoms with Gasteiger partial charge in [-0.25, -0.2) is 4.98 Å². The van der Waals surface area contributed by atoms with Crippen molar-refractivity contribution in [2.24, 2.45) is 0 Å². The van der Waals surface area contributed by atoms with E-state index >= 15 is 0 Å². The zero-order chi connectivity index (χ0) is 18.1. The van der Waals surface area contributed by atoms with Gasteiger partial charge in [0.25, 0.3) is 5.91 Å². The smallest absolute Gasteiger partial charge is 0.252 e. The fourth-order valence-corrected chi connectivity index (χ4v) is 2.70. The molecule has 1 aromatic heterocycles. The summed E-state index contributed by atoms with van der Waals surface area (Å²) in [5.74, 6) is 0.437. The molecule has 2 aromatic rings. The largest absolute Gasteiger partial charge is 1.00 e. The summed E-state index contributed by atoms with van der Waals surface area (Å²) < 4.78 is 5.72. The van der Waals surface area contributed by atoms with Gasteiger partial charge in [-0.2, -0.15) is 0 Å². The van der Waals surface area contributed by atoms with E-state index in [0.29, 0.717) is 24.6 Å². The third-order valence-corrected chi connectivity index (χ3v) is 4.29. The van der Waals surface area contributed by atoms with Gasteiger partial charge >= 0.3 is 0 Å². The van der Waals surface area contributed by atoms with Crippen LogP contribution in [0.4, 0.5) is 0 Å². The lowest BCUT2D eigenvalue weighted by atomic mass is 10.1. The minimum Gasteiger partial charge on any atom is -1.00 e. The zero-order valence-electron chi connectivity index (χ0n) is 16.3. The number of ether oxygens (including phenoxy) is 1. The summed E-state index contributed by atoms with van der Waals surface area (Å²) in [6.45, 7) is 10.4. The van der Waals surface area contributed by atoms with Crippen LogP contribution in [-0.4, -0.2) is 48.6 Å². The number of aromatic nitrogens is 1. The third-order valence-electron chi connectivity index (χ3n) is 4.29. The molecule has 0 aliphatic rings. The molecule has 1 amide bonds. The number of amides is 1. The zero-order valence-corrected chi connectivity index (χ0v) is 17.9. The maximum absolute atomic E-state index is 12.7. The molecular weight excluding hydrogens is 385 g/mol. The van der Waals surface area contributed by atoms with Crippen molar-refractivity contribution >= 4 is 29.2 Å². The first-order valence-electron chi connectivity index (χ1n) is 9.22. The highest BCUT2D eigenvalue weighted by atomic mass is 35.5. The Hall–Kier alpha value is -1.56. The summed E-state index contributed by atoms with van der Waals surface area (Å²) in [7, 11) is 0. The Balaban J connectivity index is 0.00000338. The second-order valence-corrected chi connectivity index (χ2v) is 6.01. The number of nitrogens with zero attached hydrogens (tertiary/aromatic N) is 2. The van der Waals surface area contributed by atoms with Crippen molar-refractivity contribution in [2.45, 2.75) is 33.6 Å². The summed E-state index contributed by atoms with van der Waals surface area (Å²) in [4.78, 5) is 19.5. The molecule has 1 heterocycles. The van der Waals surface area contributed by atoms with E-state index in [9.17, 15) is 4.79 Å². The van der Waals surface area contributed by atoms with Gasteiger partial charge in [0.1, 0.15) is 0 Å². The third kappa shape index (κ3) is 7.53. The first kappa shape index (κ1) is 25.4. The SMILES string of the molecule is CCCCOc1cc(C(=O)NCCN(CC)CC)c2ccccc2n1.Cl.[Cl-]. The maximum Gasteiger partial charge on any atom is 0.252 e. The summed E-state index contributed by atoms with van der Waals surface area (Å²) >= 11 is 0. The van der Waals surface area contributed by atoms with E-state index in [0.717, 1.165) is 43.4 Å². The van der Waals surface area contributed by atoms with Crippen molar-refractivity contribution in [1.29, 1.82) is 0 Å². The molecule has 0 unspecified atom stereocenters. The van der Waals surface area contributed by atoms with Crippen LogP contribution in [0, 0.1) is 0 Å². The van der Waals surface area contributed by atoms with Crippen molar-refractivity contribution < 1.29 is 21.9 Å². The number of likely N-dealkylation sites (N-methyl/N-ethyl adjacent to an activating group) is 1. The molecule has 152 valence electrons. The van der Waals surface area contributed by atoms with E-state index in [4.69, 9.17) is 4.74 Å². The Morgan fingerprint density at radius 3 is 2.56 bits per heavy atom. The highest BCUT2D eigenvalue weighted by molar-refractivity contribution is 6.06. The molecule has 7 heteroatoms. The molecule has 0 bridgehead atoms. The van der Waals surface area contributed by atoms with Crippen LogP contribution in [0.5, 0.6) is 5.88 Å². The monoisotopic (exact) mass is 414 g/mol. The van der Waals surface area contributed by atoms with E-state index in [1.54, 1.807) is 6.07 Å². The van der Waals surface area contributed by atoms with E-state index in [-0.39, 0.29) is 30.7 Å². The number of nitrogens with one attached hydrogen (secondary N) is 1. The van der Waals surface area contributed by atoms with E-state index in [1.807, 2.05) is 24.3 Å². The number of rotatable bonds is 10. The van der Waals surface area contributed by atoms with Crippen LogP contribution >= 0.6 is 12.4 Å². The van der Waals surface area contributed by atoms with Crippen LogP contribution < -0.4 is 22.5 Å². The van der Waals surface area contributed by atoms with Crippen LogP contribution in [0.2, 0.25) is 0 Å². The van der Waals surface area contributed by atoms with Gasteiger partial charge in [-0.05, 0) is 25.6 Å². The summed E-state index contributed by atoms with van der Waals surface area (Å²) in [6.07, 6.45) is 2.03. The molecule has 0 fully saturated rings. The number of para-hydroxylation sites is 1. The molecule has 5 nitrogen and oxygen atoms in total. The molecule has 27 heavy (non-hydrogen) atoms. The molecule has 0 saturated carbocycles. The number of unbranched alkanes of at least 4 members (excludes halogenated alkanes) is 1. The van der Waals surface area contributed by atoms with Gasteiger partial charge in [0.05, 0.1) is 17.7 Å². The predicted octanol–water partition coefficient (Wildman–Crippen LogP) is 0.911. The fourth-order valence-electron chi connectivity index (χ4n) is 2.70. The van der Waals surface area contributed by atoms with Gasteiger partial charge in [-0.1, -0.05) is 45.4 Å². The fraction of sp³-hybridized carbons (Fsp3) is 0.500. The Morgan fingerprint density at radius 2 is 1.89 bits per heavy atom. The van der Waals surface area contributed by atoms with Gasteiger partial charge in [0.2, 0.25) is 5.88 Å². The Kier molecular flexibility index (Phi) is 12.8. The average molecular weight is 415 g/mol. The number of fused-ring (bicyclic) bond motifs is 1. The van der Waals surface area contributed by atoms with E-state index < -0.39 is 0 Å². The predicted molar refractivity (Wildman–Crippen MR) is 110 cm³/mol. The first-order chi connectivity index (χ1) is 12.2. The van der Waals surface area contributed by atoms with Gasteiger partial charge in [-0.3, -0.25) is 4.79 Å². The number of benzene rings is 1. The molecule has 0 saturated heterocycles. The molecule has 0 aliphatic carbocycles. The van der Waals surface area contributed by atoms with Crippen LogP contribution in [0.1, 0.15) is 44.0 Å². The number of carbonyl (C=O) groups is 1. The normalized spacial score (nSPS) is 10.2. The quantitative estimate of drug-likeness (QED) is 0.587. The van der Waals surface area contributed by atoms with Crippen LogP contribution in [0.3, 0.4) is 0 Å². The van der Waals surface area contributed by atoms with Crippen molar-refractivity contribution in [1.82, 2.24) is 15.2 Å². The van der Waals surface area contributed by atoms with Crippen molar-refractivity contribution in [3.63, 3.8) is 0 Å². The highest BCUT2D eigenvalue weighted by Crippen LogP contribution is 2.22. The summed E-state index contributed by atoms with van der Waals surface area (Å²) in [6, 6.07) is 9.44. The minimum atomic E-state index is -0.0777. The lowest BCUT2D eigenvalue weighted by Gasteiger charge is -2.18. The lowest BCUT2D eigenvalue weighted by molar-refractivity contribution is -0.0000144. The highest BCUT2D eigenvalue weighted by Gasteiger charge is 2.13. The van der Waals surface area contributed by atoms with Gasteiger partial charge in [0, 0.05) is 24.5 Å². The van der Waals surface area contributed by atoms with E-state index in [2.05, 4.69) is 36.0 Å². The number of halogens is 2. The Morgan fingerprint density at radius 1 is 1.19 bits per heavy atom. The number of pyridine rings is 1. The van der Waals surface area contributed by atoms with Crippen molar-refractivity contribution in [3.05, 3.63) is 35.9 Å². The van der Waals surface area contributed by atoms with Crippen molar-refractivity contribution in [3.8, 4) is 5.88 Å². The summed E-state index contributed by atoms with van der Waals surface area (Å²) in [5.41, 5.74) is 1.40. The van der Waals surface area contributed by atoms with E-state index in [1.165, 1.54) is 0 Å². The second kappa shape index (κ2) is 13.6. The molecule has 1 aromatic carbocycles. The van der Waals surface area contributed by atoms with Crippen molar-refractivity contribution in [2.75, 3.05) is 32.8 Å². The van der Waals surface area contributed by atoms with Crippen LogP contribution in [0.15, 0.2) is 30.3 Å². The number of hydrogen-bond acceptors (Lipinski definition) is 4. The molecule has 0 spiro atoms. The topological polar surface area (TPSA) is 54.5 Å². The summed E-state index contributed by atoms with van der Waals surface area (Å²) in [5, 5.41) is 3.87. The Labute approximate surface area is 174 Å². The lowest BCUT2D eigenvalue weighted by Crippen LogP contribution is -3.00. The molecule has 0 atom stereocenters. The molecule has 1 N–H and O–H groups in total. The number of carbonyl (C=O) groups excluding carboxylic acids is 1. The molecular formula is C20H30Cl2N3O2-. The number of hydrogen-bond donors (Lipinski definition) is 1. The van der Waals surface area contributed by atoms with Crippen LogP contribution in [0.25, 0.3) is 10.9 Å². The van der Waals surface area contributed by atoms with Gasteiger partial charge in [-0.15, -0.1) is 12.4 Å². The molecule has 0 radical (unpaired) electrons. The maximum atomic E-state index is 12.7.